The Labute approximate surface area is 92.3 Å². The van der Waals surface area contributed by atoms with Crippen molar-refractivity contribution in [2.24, 2.45) is 5.90 Å². The van der Waals surface area contributed by atoms with Gasteiger partial charge in [0.25, 0.3) is 0 Å². The lowest BCUT2D eigenvalue weighted by Gasteiger charge is -2.14. The molecule has 0 bridgehead atoms. The summed E-state index contributed by atoms with van der Waals surface area (Å²) in [4.78, 5) is 4.62. The van der Waals surface area contributed by atoms with Crippen LogP contribution in [0, 0.1) is 13.8 Å². The van der Waals surface area contributed by atoms with E-state index in [2.05, 4.69) is 20.8 Å². The molecule has 0 spiro atoms. The van der Waals surface area contributed by atoms with Crippen LogP contribution in [0.15, 0.2) is 10.5 Å². The standard InChI is InChI=1S/C10H14BrNO2/c1-6-4-8(5-14-12)10(13-3)7(2)9(6)11/h4H,5,12H2,1-3H3. The number of halogens is 1. The summed E-state index contributed by atoms with van der Waals surface area (Å²) in [6.07, 6.45) is 0. The van der Waals surface area contributed by atoms with Crippen molar-refractivity contribution in [3.8, 4) is 5.75 Å². The van der Waals surface area contributed by atoms with E-state index in [1.807, 2.05) is 19.9 Å². The fourth-order valence-electron chi connectivity index (χ4n) is 1.51. The largest absolute Gasteiger partial charge is 0.496 e. The summed E-state index contributed by atoms with van der Waals surface area (Å²) in [6, 6.07) is 2.00. The molecule has 1 aromatic carbocycles. The lowest BCUT2D eigenvalue weighted by molar-refractivity contribution is 0.122. The van der Waals surface area contributed by atoms with E-state index >= 15 is 0 Å². The highest BCUT2D eigenvalue weighted by molar-refractivity contribution is 9.10. The number of hydrogen-bond donors (Lipinski definition) is 1. The van der Waals surface area contributed by atoms with Crippen LogP contribution >= 0.6 is 15.9 Å². The maximum absolute atomic E-state index is 5.30. The lowest BCUT2D eigenvalue weighted by atomic mass is 10.1. The lowest BCUT2D eigenvalue weighted by Crippen LogP contribution is -2.03. The van der Waals surface area contributed by atoms with E-state index in [0.717, 1.165) is 26.9 Å². The molecule has 0 radical (unpaired) electrons. The highest BCUT2D eigenvalue weighted by Gasteiger charge is 2.11. The molecule has 3 nitrogen and oxygen atoms in total. The van der Waals surface area contributed by atoms with Crippen molar-refractivity contribution >= 4 is 15.9 Å². The minimum absolute atomic E-state index is 0.359. The molecule has 1 aromatic rings. The second-order valence-corrected chi connectivity index (χ2v) is 3.93. The van der Waals surface area contributed by atoms with Crippen LogP contribution in [0.3, 0.4) is 0 Å². The molecule has 0 unspecified atom stereocenters. The Morgan fingerprint density at radius 2 is 2.07 bits per heavy atom. The van der Waals surface area contributed by atoms with Gasteiger partial charge >= 0.3 is 0 Å². The third kappa shape index (κ3) is 2.08. The molecule has 0 atom stereocenters. The molecule has 0 aromatic heterocycles. The molecule has 0 saturated heterocycles. The summed E-state index contributed by atoms with van der Waals surface area (Å²) in [6.45, 7) is 4.38. The van der Waals surface area contributed by atoms with Crippen molar-refractivity contribution in [1.82, 2.24) is 0 Å². The van der Waals surface area contributed by atoms with E-state index < -0.39 is 0 Å². The van der Waals surface area contributed by atoms with Crippen molar-refractivity contribution in [2.75, 3.05) is 7.11 Å². The quantitative estimate of drug-likeness (QED) is 0.849. The van der Waals surface area contributed by atoms with Gasteiger partial charge in [-0.05, 0) is 25.5 Å². The summed E-state index contributed by atoms with van der Waals surface area (Å²) in [5, 5.41) is 0. The van der Waals surface area contributed by atoms with Crippen molar-refractivity contribution in [3.05, 3.63) is 27.2 Å². The number of methoxy groups -OCH3 is 1. The summed E-state index contributed by atoms with van der Waals surface area (Å²) in [5.41, 5.74) is 3.18. The van der Waals surface area contributed by atoms with Crippen LogP contribution in [0.1, 0.15) is 16.7 Å². The Bertz CT molecular complexity index is 339. The second-order valence-electron chi connectivity index (χ2n) is 3.14. The third-order valence-corrected chi connectivity index (χ3v) is 3.36. The van der Waals surface area contributed by atoms with Crippen LogP contribution < -0.4 is 10.6 Å². The van der Waals surface area contributed by atoms with Crippen LogP contribution in [-0.2, 0) is 11.4 Å². The molecular formula is C10H14BrNO2. The predicted octanol–water partition coefficient (Wildman–Crippen LogP) is 2.46. The molecule has 2 N–H and O–H groups in total. The van der Waals surface area contributed by atoms with E-state index in [0.29, 0.717) is 6.61 Å². The smallest absolute Gasteiger partial charge is 0.128 e. The minimum atomic E-state index is 0.359. The molecule has 0 amide bonds. The molecule has 4 heteroatoms. The van der Waals surface area contributed by atoms with Crippen molar-refractivity contribution in [1.29, 1.82) is 0 Å². The van der Waals surface area contributed by atoms with Gasteiger partial charge in [-0.3, -0.25) is 4.84 Å². The predicted molar refractivity (Wildman–Crippen MR) is 59.1 cm³/mol. The Morgan fingerprint density at radius 3 is 2.57 bits per heavy atom. The average molecular weight is 260 g/mol. The van der Waals surface area contributed by atoms with Gasteiger partial charge in [-0.1, -0.05) is 15.9 Å². The van der Waals surface area contributed by atoms with Gasteiger partial charge in [-0.25, -0.2) is 5.90 Å². The molecule has 0 saturated carbocycles. The molecule has 0 aliphatic heterocycles. The Balaban J connectivity index is 3.28. The van der Waals surface area contributed by atoms with Crippen LogP contribution in [0.2, 0.25) is 0 Å². The maximum atomic E-state index is 5.30. The van der Waals surface area contributed by atoms with E-state index in [1.54, 1.807) is 7.11 Å². The van der Waals surface area contributed by atoms with Crippen LogP contribution in [0.25, 0.3) is 0 Å². The first-order valence-electron chi connectivity index (χ1n) is 4.26. The van der Waals surface area contributed by atoms with Crippen molar-refractivity contribution < 1.29 is 9.57 Å². The molecule has 0 fully saturated rings. The highest BCUT2D eigenvalue weighted by Crippen LogP contribution is 2.32. The fourth-order valence-corrected chi connectivity index (χ4v) is 1.80. The van der Waals surface area contributed by atoms with Gasteiger partial charge in [0.15, 0.2) is 0 Å². The Kier molecular flexibility index (Phi) is 3.92. The van der Waals surface area contributed by atoms with Gasteiger partial charge in [0.05, 0.1) is 13.7 Å². The van der Waals surface area contributed by atoms with Gasteiger partial charge < -0.3 is 4.74 Å². The van der Waals surface area contributed by atoms with Gasteiger partial charge in [0, 0.05) is 15.6 Å². The number of ether oxygens (including phenoxy) is 1. The SMILES string of the molecule is COc1c(CON)cc(C)c(Br)c1C. The molecule has 14 heavy (non-hydrogen) atoms. The fraction of sp³-hybridized carbons (Fsp3) is 0.400. The highest BCUT2D eigenvalue weighted by atomic mass is 79.9. The first-order chi connectivity index (χ1) is 6.61. The first-order valence-corrected chi connectivity index (χ1v) is 5.05. The van der Waals surface area contributed by atoms with Crippen LogP contribution in [0.5, 0.6) is 5.75 Å². The zero-order valence-electron chi connectivity index (χ0n) is 8.56. The zero-order valence-corrected chi connectivity index (χ0v) is 10.1. The number of nitrogens with two attached hydrogens (primary N) is 1. The molecule has 1 rings (SSSR count). The van der Waals surface area contributed by atoms with E-state index in [4.69, 9.17) is 10.6 Å². The van der Waals surface area contributed by atoms with Crippen LogP contribution in [0.4, 0.5) is 0 Å². The van der Waals surface area contributed by atoms with Crippen molar-refractivity contribution in [2.45, 2.75) is 20.5 Å². The van der Waals surface area contributed by atoms with E-state index in [-0.39, 0.29) is 0 Å². The zero-order chi connectivity index (χ0) is 10.7. The van der Waals surface area contributed by atoms with E-state index in [1.165, 1.54) is 0 Å². The van der Waals surface area contributed by atoms with E-state index in [9.17, 15) is 0 Å². The van der Waals surface area contributed by atoms with Gasteiger partial charge in [-0.15, -0.1) is 0 Å². The van der Waals surface area contributed by atoms with Crippen LogP contribution in [-0.4, -0.2) is 7.11 Å². The monoisotopic (exact) mass is 259 g/mol. The molecular weight excluding hydrogens is 246 g/mol. The summed E-state index contributed by atoms with van der Waals surface area (Å²) >= 11 is 3.50. The number of hydrogen-bond acceptors (Lipinski definition) is 3. The normalized spacial score (nSPS) is 10.4. The summed E-state index contributed by atoms with van der Waals surface area (Å²) < 4.78 is 6.36. The van der Waals surface area contributed by atoms with Crippen molar-refractivity contribution in [3.63, 3.8) is 0 Å². The maximum Gasteiger partial charge on any atom is 0.128 e. The van der Waals surface area contributed by atoms with Gasteiger partial charge in [0.1, 0.15) is 5.75 Å². The Morgan fingerprint density at radius 1 is 1.43 bits per heavy atom. The second kappa shape index (κ2) is 4.77. The number of aryl methyl sites for hydroxylation is 1. The van der Waals surface area contributed by atoms with Gasteiger partial charge in [-0.2, -0.15) is 0 Å². The van der Waals surface area contributed by atoms with Gasteiger partial charge in [0.2, 0.25) is 0 Å². The topological polar surface area (TPSA) is 44.5 Å². The molecule has 78 valence electrons. The number of rotatable bonds is 3. The summed E-state index contributed by atoms with van der Waals surface area (Å²) in [5.74, 6) is 5.88. The minimum Gasteiger partial charge on any atom is -0.496 e. The third-order valence-electron chi connectivity index (χ3n) is 2.14. The molecule has 0 heterocycles. The average Bonchev–Trinajstić information content (AvgIpc) is 2.16. The molecule has 0 aliphatic carbocycles. The number of benzene rings is 1. The molecule has 0 aliphatic rings. The summed E-state index contributed by atoms with van der Waals surface area (Å²) in [7, 11) is 1.64. The first kappa shape index (κ1) is 11.5. The Hall–Kier alpha value is -0.580.